The van der Waals surface area contributed by atoms with Crippen molar-refractivity contribution in [3.63, 3.8) is 0 Å². The molecule has 1 amide bonds. The summed E-state index contributed by atoms with van der Waals surface area (Å²) in [6.07, 6.45) is 1.08. The largest absolute Gasteiger partial charge is 0.397 e. The summed E-state index contributed by atoms with van der Waals surface area (Å²) in [7, 11) is 2.04. The first-order valence-corrected chi connectivity index (χ1v) is 7.35. The van der Waals surface area contributed by atoms with Gasteiger partial charge < -0.3 is 16.0 Å². The summed E-state index contributed by atoms with van der Waals surface area (Å²) in [5.74, 6) is -0.201. The summed E-state index contributed by atoms with van der Waals surface area (Å²) in [5.41, 5.74) is 6.42. The molecule has 1 rings (SSSR count). The minimum Gasteiger partial charge on any atom is -0.397 e. The van der Waals surface area contributed by atoms with Crippen LogP contribution in [-0.2, 0) is 0 Å². The topological polar surface area (TPSA) is 58.4 Å². The first-order chi connectivity index (χ1) is 9.36. The van der Waals surface area contributed by atoms with Gasteiger partial charge in [0.2, 0.25) is 0 Å². The van der Waals surface area contributed by atoms with Crippen molar-refractivity contribution < 1.29 is 4.79 Å². The second-order valence-electron chi connectivity index (χ2n) is 4.86. The maximum atomic E-state index is 12.0. The molecule has 1 unspecified atom stereocenters. The summed E-state index contributed by atoms with van der Waals surface area (Å²) in [4.78, 5) is 14.2. The van der Waals surface area contributed by atoms with E-state index in [0.717, 1.165) is 13.0 Å². The van der Waals surface area contributed by atoms with E-state index in [9.17, 15) is 4.79 Å². The first kappa shape index (κ1) is 17.1. The normalized spacial score (nSPS) is 12.5. The molecular formula is C14H21Cl2N3O. The van der Waals surface area contributed by atoms with Crippen molar-refractivity contribution in [2.45, 2.75) is 26.3 Å². The number of rotatable bonds is 6. The SMILES string of the molecule is CCC(C)N(C)CCNC(=O)c1cc(N)c(Cl)c(Cl)c1. The van der Waals surface area contributed by atoms with E-state index in [2.05, 4.69) is 24.1 Å². The molecule has 0 spiro atoms. The predicted molar refractivity (Wildman–Crippen MR) is 85.6 cm³/mol. The van der Waals surface area contributed by atoms with Crippen LogP contribution in [0.4, 0.5) is 5.69 Å². The van der Waals surface area contributed by atoms with Gasteiger partial charge in [0, 0.05) is 24.7 Å². The molecule has 0 aliphatic rings. The number of hydrogen-bond acceptors (Lipinski definition) is 3. The van der Waals surface area contributed by atoms with Crippen molar-refractivity contribution >= 4 is 34.8 Å². The van der Waals surface area contributed by atoms with Gasteiger partial charge in [0.15, 0.2) is 0 Å². The molecule has 0 saturated heterocycles. The zero-order valence-corrected chi connectivity index (χ0v) is 13.6. The summed E-state index contributed by atoms with van der Waals surface area (Å²) < 4.78 is 0. The first-order valence-electron chi connectivity index (χ1n) is 6.59. The van der Waals surface area contributed by atoms with E-state index in [0.29, 0.717) is 23.8 Å². The molecule has 0 aromatic heterocycles. The van der Waals surface area contributed by atoms with Gasteiger partial charge in [-0.05, 0) is 32.5 Å². The average Bonchev–Trinajstić information content (AvgIpc) is 2.42. The molecule has 3 N–H and O–H groups in total. The van der Waals surface area contributed by atoms with E-state index in [1.54, 1.807) is 0 Å². The van der Waals surface area contributed by atoms with Crippen LogP contribution in [0.5, 0.6) is 0 Å². The van der Waals surface area contributed by atoms with Crippen molar-refractivity contribution in [1.29, 1.82) is 0 Å². The highest BCUT2D eigenvalue weighted by Gasteiger charge is 2.12. The maximum Gasteiger partial charge on any atom is 0.251 e. The molecule has 0 bridgehead atoms. The smallest absolute Gasteiger partial charge is 0.251 e. The van der Waals surface area contributed by atoms with Crippen LogP contribution in [0.3, 0.4) is 0 Å². The Kier molecular flexibility index (Phi) is 6.59. The lowest BCUT2D eigenvalue weighted by Gasteiger charge is -2.23. The number of halogens is 2. The Hall–Kier alpha value is -0.970. The summed E-state index contributed by atoms with van der Waals surface area (Å²) >= 11 is 11.8. The average molecular weight is 318 g/mol. The number of nitrogen functional groups attached to an aromatic ring is 1. The number of carbonyl (C=O) groups excluding carboxylic acids is 1. The molecule has 0 saturated carbocycles. The quantitative estimate of drug-likeness (QED) is 0.793. The molecule has 0 heterocycles. The van der Waals surface area contributed by atoms with Gasteiger partial charge in [0.05, 0.1) is 15.7 Å². The zero-order valence-electron chi connectivity index (χ0n) is 12.0. The highest BCUT2D eigenvalue weighted by atomic mass is 35.5. The molecule has 0 fully saturated rings. The highest BCUT2D eigenvalue weighted by Crippen LogP contribution is 2.29. The van der Waals surface area contributed by atoms with Crippen LogP contribution in [0, 0.1) is 0 Å². The monoisotopic (exact) mass is 317 g/mol. The molecule has 112 valence electrons. The minimum atomic E-state index is -0.201. The number of nitrogens with zero attached hydrogens (tertiary/aromatic N) is 1. The molecule has 20 heavy (non-hydrogen) atoms. The molecule has 6 heteroatoms. The van der Waals surface area contributed by atoms with E-state index in [4.69, 9.17) is 28.9 Å². The Morgan fingerprint density at radius 3 is 2.65 bits per heavy atom. The number of hydrogen-bond donors (Lipinski definition) is 2. The molecule has 0 aliphatic carbocycles. The number of nitrogens with one attached hydrogen (secondary N) is 1. The summed E-state index contributed by atoms with van der Waals surface area (Å²) in [5, 5.41) is 3.41. The van der Waals surface area contributed by atoms with Crippen molar-refractivity contribution in [1.82, 2.24) is 10.2 Å². The fourth-order valence-corrected chi connectivity index (χ4v) is 2.06. The number of carbonyl (C=O) groups is 1. The van der Waals surface area contributed by atoms with E-state index >= 15 is 0 Å². The lowest BCUT2D eigenvalue weighted by molar-refractivity contribution is 0.0947. The van der Waals surface area contributed by atoms with Crippen molar-refractivity contribution in [2.75, 3.05) is 25.9 Å². The van der Waals surface area contributed by atoms with Crippen LogP contribution < -0.4 is 11.1 Å². The molecule has 1 aromatic rings. The van der Waals surface area contributed by atoms with Gasteiger partial charge in [-0.1, -0.05) is 30.1 Å². The minimum absolute atomic E-state index is 0.201. The molecule has 0 aliphatic heterocycles. The summed E-state index contributed by atoms with van der Waals surface area (Å²) in [6.45, 7) is 5.65. The Morgan fingerprint density at radius 2 is 2.10 bits per heavy atom. The number of nitrogens with two attached hydrogens (primary N) is 1. The predicted octanol–water partition coefficient (Wildman–Crippen LogP) is 3.04. The van der Waals surface area contributed by atoms with Crippen LogP contribution in [-0.4, -0.2) is 37.0 Å². The number of anilines is 1. The van der Waals surface area contributed by atoms with Crippen LogP contribution in [0.25, 0.3) is 0 Å². The third kappa shape index (κ3) is 4.54. The second kappa shape index (κ2) is 7.72. The lowest BCUT2D eigenvalue weighted by Crippen LogP contribution is -2.37. The summed E-state index contributed by atoms with van der Waals surface area (Å²) in [6, 6.07) is 3.54. The van der Waals surface area contributed by atoms with Gasteiger partial charge in [-0.3, -0.25) is 4.79 Å². The Morgan fingerprint density at radius 1 is 1.45 bits per heavy atom. The van der Waals surface area contributed by atoms with Gasteiger partial charge in [-0.15, -0.1) is 0 Å². The molecule has 1 aromatic carbocycles. The van der Waals surface area contributed by atoms with E-state index in [1.165, 1.54) is 12.1 Å². The maximum absolute atomic E-state index is 12.0. The fraction of sp³-hybridized carbons (Fsp3) is 0.500. The van der Waals surface area contributed by atoms with Crippen LogP contribution in [0.1, 0.15) is 30.6 Å². The number of likely N-dealkylation sites (N-methyl/N-ethyl adjacent to an activating group) is 1. The van der Waals surface area contributed by atoms with E-state index in [-0.39, 0.29) is 16.0 Å². The standard InChI is InChI=1S/C14H21Cl2N3O/c1-4-9(2)19(3)6-5-18-14(20)10-7-11(15)13(16)12(17)8-10/h7-9H,4-6,17H2,1-3H3,(H,18,20). The number of amides is 1. The Balaban J connectivity index is 2.56. The second-order valence-corrected chi connectivity index (χ2v) is 5.64. The molecule has 4 nitrogen and oxygen atoms in total. The third-order valence-electron chi connectivity index (χ3n) is 3.41. The molecule has 1 atom stereocenters. The van der Waals surface area contributed by atoms with E-state index in [1.807, 2.05) is 7.05 Å². The molecular weight excluding hydrogens is 297 g/mol. The van der Waals surface area contributed by atoms with Crippen molar-refractivity contribution in [2.24, 2.45) is 0 Å². The zero-order chi connectivity index (χ0) is 15.3. The number of benzene rings is 1. The van der Waals surface area contributed by atoms with Crippen molar-refractivity contribution in [3.8, 4) is 0 Å². The Labute approximate surface area is 130 Å². The van der Waals surface area contributed by atoms with Gasteiger partial charge >= 0.3 is 0 Å². The third-order valence-corrected chi connectivity index (χ3v) is 4.23. The van der Waals surface area contributed by atoms with Crippen LogP contribution in [0.2, 0.25) is 10.0 Å². The van der Waals surface area contributed by atoms with Crippen LogP contribution >= 0.6 is 23.2 Å². The van der Waals surface area contributed by atoms with Gasteiger partial charge in [0.1, 0.15) is 0 Å². The van der Waals surface area contributed by atoms with Gasteiger partial charge in [-0.25, -0.2) is 0 Å². The fourth-order valence-electron chi connectivity index (χ4n) is 1.72. The van der Waals surface area contributed by atoms with Gasteiger partial charge in [0.25, 0.3) is 5.91 Å². The Bertz CT molecular complexity index is 456. The van der Waals surface area contributed by atoms with E-state index < -0.39 is 0 Å². The highest BCUT2D eigenvalue weighted by molar-refractivity contribution is 6.43. The van der Waals surface area contributed by atoms with Gasteiger partial charge in [-0.2, -0.15) is 0 Å². The van der Waals surface area contributed by atoms with Crippen LogP contribution in [0.15, 0.2) is 12.1 Å². The lowest BCUT2D eigenvalue weighted by atomic mass is 10.2. The molecule has 0 radical (unpaired) electrons. The van der Waals surface area contributed by atoms with Crippen molar-refractivity contribution in [3.05, 3.63) is 27.7 Å².